The fourth-order valence-electron chi connectivity index (χ4n) is 4.19. The summed E-state index contributed by atoms with van der Waals surface area (Å²) in [5, 5.41) is 3.94. The lowest BCUT2D eigenvalue weighted by Crippen LogP contribution is -2.35. The van der Waals surface area contributed by atoms with Gasteiger partial charge < -0.3 is 19.9 Å². The van der Waals surface area contributed by atoms with Gasteiger partial charge in [-0.15, -0.1) is 0 Å². The number of benzene rings is 2. The predicted molar refractivity (Wildman–Crippen MR) is 118 cm³/mol. The lowest BCUT2D eigenvalue weighted by Gasteiger charge is -2.18. The molecule has 0 saturated heterocycles. The highest BCUT2D eigenvalue weighted by molar-refractivity contribution is 6.08. The number of anilines is 1. The second-order valence-corrected chi connectivity index (χ2v) is 8.10. The van der Waals surface area contributed by atoms with Crippen LogP contribution in [-0.4, -0.2) is 42.4 Å². The first kappa shape index (κ1) is 20.0. The average Bonchev–Trinajstić information content (AvgIpc) is 3.11. The van der Waals surface area contributed by atoms with Gasteiger partial charge in [0, 0.05) is 29.9 Å². The number of nitrogens with zero attached hydrogens (tertiary/aromatic N) is 1. The Kier molecular flexibility index (Phi) is 5.48. The molecule has 3 aromatic rings. The number of methoxy groups -OCH3 is 1. The summed E-state index contributed by atoms with van der Waals surface area (Å²) < 4.78 is 5.18. The van der Waals surface area contributed by atoms with E-state index in [4.69, 9.17) is 4.74 Å². The van der Waals surface area contributed by atoms with Gasteiger partial charge in [0.2, 0.25) is 5.91 Å². The van der Waals surface area contributed by atoms with Crippen LogP contribution >= 0.6 is 0 Å². The highest BCUT2D eigenvalue weighted by atomic mass is 16.5. The molecule has 2 amide bonds. The maximum absolute atomic E-state index is 13.1. The van der Waals surface area contributed by atoms with Crippen LogP contribution in [0, 0.1) is 5.92 Å². The second-order valence-electron chi connectivity index (χ2n) is 8.10. The van der Waals surface area contributed by atoms with E-state index in [0.29, 0.717) is 22.9 Å². The number of ether oxygens (including phenoxy) is 1. The first-order valence-corrected chi connectivity index (χ1v) is 10.3. The minimum Gasteiger partial charge on any atom is -0.497 e. The van der Waals surface area contributed by atoms with Crippen molar-refractivity contribution in [3.05, 3.63) is 59.3 Å². The van der Waals surface area contributed by atoms with Crippen LogP contribution in [0.25, 0.3) is 10.9 Å². The SMILES string of the molecule is COc1cccc(NC(=O)CN(C)C(=O)c2cccc3c4c([nH]c23)CCC(C)C4)c1. The van der Waals surface area contributed by atoms with Crippen LogP contribution in [0.1, 0.15) is 35.0 Å². The summed E-state index contributed by atoms with van der Waals surface area (Å²) in [6, 6.07) is 13.0. The highest BCUT2D eigenvalue weighted by Gasteiger charge is 2.24. The number of carbonyl (C=O) groups excluding carboxylic acids is 2. The molecule has 6 heteroatoms. The Bertz CT molecular complexity index is 1100. The number of hydrogen-bond donors (Lipinski definition) is 2. The van der Waals surface area contributed by atoms with E-state index in [9.17, 15) is 9.59 Å². The summed E-state index contributed by atoms with van der Waals surface area (Å²) in [6.07, 6.45) is 3.21. The van der Waals surface area contributed by atoms with E-state index in [1.165, 1.54) is 16.2 Å². The first-order chi connectivity index (χ1) is 14.5. The number of fused-ring (bicyclic) bond motifs is 3. The summed E-state index contributed by atoms with van der Waals surface area (Å²) in [6.45, 7) is 2.23. The molecule has 1 atom stereocenters. The molecule has 0 spiro atoms. The molecule has 1 heterocycles. The van der Waals surface area contributed by atoms with E-state index in [1.807, 2.05) is 18.2 Å². The highest BCUT2D eigenvalue weighted by Crippen LogP contribution is 2.33. The van der Waals surface area contributed by atoms with Crippen molar-refractivity contribution in [2.24, 2.45) is 5.92 Å². The Morgan fingerprint density at radius 1 is 1.23 bits per heavy atom. The van der Waals surface area contributed by atoms with Gasteiger partial charge in [0.25, 0.3) is 5.91 Å². The van der Waals surface area contributed by atoms with E-state index in [-0.39, 0.29) is 18.4 Å². The molecule has 1 unspecified atom stereocenters. The smallest absolute Gasteiger partial charge is 0.256 e. The van der Waals surface area contributed by atoms with Gasteiger partial charge in [0.15, 0.2) is 0 Å². The van der Waals surface area contributed by atoms with E-state index in [2.05, 4.69) is 23.3 Å². The molecule has 156 valence electrons. The number of nitrogens with one attached hydrogen (secondary N) is 2. The van der Waals surface area contributed by atoms with Crippen LogP contribution in [-0.2, 0) is 17.6 Å². The Morgan fingerprint density at radius 3 is 2.83 bits per heavy atom. The van der Waals surface area contributed by atoms with Crippen LogP contribution in [0.15, 0.2) is 42.5 Å². The third-order valence-electron chi connectivity index (χ3n) is 5.78. The summed E-state index contributed by atoms with van der Waals surface area (Å²) >= 11 is 0. The van der Waals surface area contributed by atoms with Gasteiger partial charge in [-0.3, -0.25) is 9.59 Å². The number of likely N-dealkylation sites (N-methyl/N-ethyl adjacent to an activating group) is 1. The topological polar surface area (TPSA) is 74.4 Å². The van der Waals surface area contributed by atoms with Gasteiger partial charge >= 0.3 is 0 Å². The van der Waals surface area contributed by atoms with Crippen LogP contribution in [0.2, 0.25) is 0 Å². The largest absolute Gasteiger partial charge is 0.497 e. The molecule has 1 aromatic heterocycles. The number of amides is 2. The van der Waals surface area contributed by atoms with Crippen LogP contribution in [0.5, 0.6) is 5.75 Å². The number of aryl methyl sites for hydroxylation is 1. The number of aromatic amines is 1. The Balaban J connectivity index is 1.51. The molecule has 0 saturated carbocycles. The zero-order chi connectivity index (χ0) is 21.3. The van der Waals surface area contributed by atoms with Crippen LogP contribution < -0.4 is 10.1 Å². The first-order valence-electron chi connectivity index (χ1n) is 10.3. The average molecular weight is 405 g/mol. The van der Waals surface area contributed by atoms with Crippen molar-refractivity contribution in [1.29, 1.82) is 0 Å². The van der Waals surface area contributed by atoms with E-state index >= 15 is 0 Å². The summed E-state index contributed by atoms with van der Waals surface area (Å²) in [5.41, 5.74) is 4.68. The Hall–Kier alpha value is -3.28. The number of aromatic nitrogens is 1. The third kappa shape index (κ3) is 3.90. The van der Waals surface area contributed by atoms with Crippen molar-refractivity contribution in [1.82, 2.24) is 9.88 Å². The molecule has 0 bridgehead atoms. The van der Waals surface area contributed by atoms with E-state index in [1.54, 1.807) is 32.4 Å². The molecule has 0 radical (unpaired) electrons. The van der Waals surface area contributed by atoms with Crippen molar-refractivity contribution in [3.63, 3.8) is 0 Å². The van der Waals surface area contributed by atoms with Gasteiger partial charge in [-0.2, -0.15) is 0 Å². The van der Waals surface area contributed by atoms with Gasteiger partial charge in [-0.05, 0) is 48.9 Å². The fraction of sp³-hybridized carbons (Fsp3) is 0.333. The van der Waals surface area contributed by atoms with E-state index in [0.717, 1.165) is 30.2 Å². The van der Waals surface area contributed by atoms with Gasteiger partial charge in [-0.1, -0.05) is 25.1 Å². The lowest BCUT2D eigenvalue weighted by molar-refractivity contribution is -0.116. The number of para-hydroxylation sites is 1. The van der Waals surface area contributed by atoms with Crippen molar-refractivity contribution >= 4 is 28.4 Å². The fourth-order valence-corrected chi connectivity index (χ4v) is 4.19. The van der Waals surface area contributed by atoms with Crippen molar-refractivity contribution in [3.8, 4) is 5.75 Å². The maximum Gasteiger partial charge on any atom is 0.256 e. The Labute approximate surface area is 176 Å². The molecule has 4 rings (SSSR count). The molecule has 1 aliphatic rings. The molecule has 0 aliphatic heterocycles. The Morgan fingerprint density at radius 2 is 2.03 bits per heavy atom. The minimum absolute atomic E-state index is 0.0378. The zero-order valence-corrected chi connectivity index (χ0v) is 17.6. The quantitative estimate of drug-likeness (QED) is 0.673. The zero-order valence-electron chi connectivity index (χ0n) is 17.6. The molecule has 6 nitrogen and oxygen atoms in total. The monoisotopic (exact) mass is 405 g/mol. The van der Waals surface area contributed by atoms with Crippen molar-refractivity contribution in [2.75, 3.05) is 26.0 Å². The molecule has 30 heavy (non-hydrogen) atoms. The number of hydrogen-bond acceptors (Lipinski definition) is 3. The molecular formula is C24H27N3O3. The second kappa shape index (κ2) is 8.22. The summed E-state index contributed by atoms with van der Waals surface area (Å²) in [4.78, 5) is 30.5. The normalized spacial score (nSPS) is 15.5. The summed E-state index contributed by atoms with van der Waals surface area (Å²) in [5.74, 6) is 0.881. The number of H-pyrrole nitrogens is 1. The lowest BCUT2D eigenvalue weighted by atomic mass is 9.87. The van der Waals surface area contributed by atoms with Crippen LogP contribution in [0.4, 0.5) is 5.69 Å². The minimum atomic E-state index is -0.258. The number of carbonyl (C=O) groups is 2. The van der Waals surface area contributed by atoms with Gasteiger partial charge in [0.1, 0.15) is 5.75 Å². The van der Waals surface area contributed by atoms with Crippen molar-refractivity contribution in [2.45, 2.75) is 26.2 Å². The van der Waals surface area contributed by atoms with Gasteiger partial charge in [-0.25, -0.2) is 0 Å². The predicted octanol–water partition coefficient (Wildman–Crippen LogP) is 4.01. The summed E-state index contributed by atoms with van der Waals surface area (Å²) in [7, 11) is 3.23. The van der Waals surface area contributed by atoms with E-state index < -0.39 is 0 Å². The van der Waals surface area contributed by atoms with Crippen LogP contribution in [0.3, 0.4) is 0 Å². The van der Waals surface area contributed by atoms with Gasteiger partial charge in [0.05, 0.1) is 24.7 Å². The maximum atomic E-state index is 13.1. The third-order valence-corrected chi connectivity index (χ3v) is 5.78. The molecule has 2 N–H and O–H groups in total. The molecular weight excluding hydrogens is 378 g/mol. The molecule has 0 fully saturated rings. The standard InChI is InChI=1S/C24H27N3O3/c1-15-10-11-21-20(12-15)18-8-5-9-19(23(18)26-21)24(29)27(2)14-22(28)25-16-6-4-7-17(13-16)30-3/h4-9,13,15,26H,10-12,14H2,1-3H3,(H,25,28). The molecule has 1 aliphatic carbocycles. The van der Waals surface area contributed by atoms with Crippen molar-refractivity contribution < 1.29 is 14.3 Å². The number of rotatable bonds is 5. The molecule has 2 aromatic carbocycles.